The number of carboxylic acids is 1. The summed E-state index contributed by atoms with van der Waals surface area (Å²) in [5.74, 6) is 2.12. The second-order valence-electron chi connectivity index (χ2n) is 15.9. The van der Waals surface area contributed by atoms with Crippen LogP contribution in [0.5, 0.6) is 0 Å². The fraction of sp³-hybridized carbons (Fsp3) is 0.348. The molecule has 0 aliphatic carbocycles. The Labute approximate surface area is 398 Å². The van der Waals surface area contributed by atoms with E-state index in [-0.39, 0.29) is 42.2 Å². The van der Waals surface area contributed by atoms with Gasteiger partial charge in [-0.1, -0.05) is 41.7 Å². The second-order valence-corrected chi connectivity index (χ2v) is 18.0. The Morgan fingerprint density at radius 1 is 0.897 bits per heavy atom. The number of imide groups is 2. The molecule has 1 fully saturated rings. The number of anilines is 3. The van der Waals surface area contributed by atoms with Crippen LogP contribution in [-0.4, -0.2) is 121 Å². The van der Waals surface area contributed by atoms with Crippen LogP contribution >= 0.6 is 22.7 Å². The molecular weight excluding hydrogens is 917 g/mol. The van der Waals surface area contributed by atoms with E-state index in [1.165, 1.54) is 28.7 Å². The molecule has 1 saturated heterocycles. The molecule has 1 unspecified atom stereocenters. The summed E-state index contributed by atoms with van der Waals surface area (Å²) in [6.45, 7) is 3.68. The number of aromatic carboxylic acids is 1. The van der Waals surface area contributed by atoms with Crippen LogP contribution in [0.1, 0.15) is 76.8 Å². The van der Waals surface area contributed by atoms with Crippen LogP contribution in [0.25, 0.3) is 10.2 Å². The number of carboxylic acid groups (broad SMARTS) is 1. The third-order valence-corrected chi connectivity index (χ3v) is 13.5. The van der Waals surface area contributed by atoms with Crippen LogP contribution < -0.4 is 37.4 Å². The lowest BCUT2D eigenvalue weighted by Crippen LogP contribution is -2.54. The first-order valence-corrected chi connectivity index (χ1v) is 23.7. The topological polar surface area (TPSA) is 269 Å². The minimum absolute atomic E-state index is 0.0312. The van der Waals surface area contributed by atoms with E-state index in [0.29, 0.717) is 111 Å². The first-order valence-electron chi connectivity index (χ1n) is 22.1. The number of hydrazine groups is 1. The number of nitrogens with two attached hydrogens (primary N) is 1. The number of piperidine rings is 1. The number of aryl methyl sites for hydroxylation is 1. The molecule has 0 spiro atoms. The van der Waals surface area contributed by atoms with E-state index in [0.717, 1.165) is 26.2 Å². The molecule has 3 aromatic carbocycles. The van der Waals surface area contributed by atoms with Crippen molar-refractivity contribution in [2.24, 2.45) is 5.84 Å². The van der Waals surface area contributed by atoms with Gasteiger partial charge in [0.2, 0.25) is 11.8 Å². The standard InChI is InChI=1S/C46H50N10O10S2/c47-54-28(26-66-23-22-65-21-20-64-19-17-49-33-10-4-8-30-38(33)43(61)56(42(30)60)34-13-14-37(57)51-41(34)59)24-48-16-5-12-36-39(44(62)63)52-46(68-36)55-18-15-27-6-3-7-29(31(27)25-55)40(58)53-45-50-32-9-1-2-11-35(32)67-45/h1-4,6-11,24,34,48-49,54H,5,12-23,25-26,47H2,(H,62,63)(H,50,53,58)(H,51,57,59)/b28-24-. The highest BCUT2D eigenvalue weighted by atomic mass is 32.1. The number of hydrogen-bond acceptors (Lipinski definition) is 18. The smallest absolute Gasteiger partial charge is 0.355 e. The number of para-hydroxylation sites is 1. The van der Waals surface area contributed by atoms with Gasteiger partial charge < -0.3 is 40.3 Å². The van der Waals surface area contributed by atoms with E-state index in [9.17, 15) is 33.9 Å². The number of benzene rings is 3. The Morgan fingerprint density at radius 2 is 1.69 bits per heavy atom. The maximum absolute atomic E-state index is 13.5. The summed E-state index contributed by atoms with van der Waals surface area (Å²) >= 11 is 2.77. The van der Waals surface area contributed by atoms with Gasteiger partial charge in [-0.05, 0) is 67.1 Å². The highest BCUT2D eigenvalue weighted by molar-refractivity contribution is 7.22. The number of rotatable bonds is 23. The predicted octanol–water partition coefficient (Wildman–Crippen LogP) is 3.66. The number of hydrogen-bond donors (Lipinski definition) is 7. The average molecular weight is 967 g/mol. The molecule has 8 N–H and O–H groups in total. The Hall–Kier alpha value is -6.82. The van der Waals surface area contributed by atoms with Crippen LogP contribution in [0.2, 0.25) is 0 Å². The fourth-order valence-corrected chi connectivity index (χ4v) is 10.1. The number of amides is 5. The van der Waals surface area contributed by atoms with Gasteiger partial charge in [0.25, 0.3) is 17.7 Å². The lowest BCUT2D eigenvalue weighted by Gasteiger charge is -2.29. The van der Waals surface area contributed by atoms with E-state index >= 15 is 0 Å². The molecular formula is C46H50N10O10S2. The summed E-state index contributed by atoms with van der Waals surface area (Å²) in [5, 5.41) is 22.6. The number of aromatic nitrogens is 2. The van der Waals surface area contributed by atoms with Gasteiger partial charge in [-0.3, -0.25) is 45.3 Å². The predicted molar refractivity (Wildman–Crippen MR) is 254 cm³/mol. The highest BCUT2D eigenvalue weighted by Gasteiger charge is 2.45. The van der Waals surface area contributed by atoms with E-state index in [2.05, 4.69) is 36.7 Å². The van der Waals surface area contributed by atoms with Crippen molar-refractivity contribution in [3.05, 3.63) is 111 Å². The van der Waals surface area contributed by atoms with Crippen molar-refractivity contribution in [1.82, 2.24) is 30.9 Å². The molecule has 1 atom stereocenters. The Morgan fingerprint density at radius 3 is 2.49 bits per heavy atom. The first-order chi connectivity index (χ1) is 33.1. The van der Waals surface area contributed by atoms with Gasteiger partial charge >= 0.3 is 5.97 Å². The van der Waals surface area contributed by atoms with Gasteiger partial charge in [-0.2, -0.15) is 0 Å². The van der Waals surface area contributed by atoms with Crippen LogP contribution in [-0.2, 0) is 43.2 Å². The molecule has 356 valence electrons. The fourth-order valence-electron chi connectivity index (χ4n) is 8.07. The molecule has 0 radical (unpaired) electrons. The van der Waals surface area contributed by atoms with Crippen molar-refractivity contribution in [1.29, 1.82) is 0 Å². The van der Waals surface area contributed by atoms with Crippen molar-refractivity contribution >= 4 is 84.3 Å². The Bertz CT molecular complexity index is 2710. The lowest BCUT2D eigenvalue weighted by atomic mass is 9.94. The van der Waals surface area contributed by atoms with Gasteiger partial charge in [0.1, 0.15) is 6.04 Å². The van der Waals surface area contributed by atoms with E-state index < -0.39 is 35.6 Å². The summed E-state index contributed by atoms with van der Waals surface area (Å²) in [6, 6.07) is 17.3. The largest absolute Gasteiger partial charge is 0.476 e. The third kappa shape index (κ3) is 11.1. The van der Waals surface area contributed by atoms with Gasteiger partial charge in [0, 0.05) is 54.9 Å². The van der Waals surface area contributed by atoms with Gasteiger partial charge in [-0.15, -0.1) is 11.3 Å². The lowest BCUT2D eigenvalue weighted by molar-refractivity contribution is -0.136. The highest BCUT2D eigenvalue weighted by Crippen LogP contribution is 2.35. The maximum Gasteiger partial charge on any atom is 0.355 e. The summed E-state index contributed by atoms with van der Waals surface area (Å²) in [7, 11) is 0. The molecule has 8 rings (SSSR count). The monoisotopic (exact) mass is 966 g/mol. The summed E-state index contributed by atoms with van der Waals surface area (Å²) in [5.41, 5.74) is 7.41. The summed E-state index contributed by atoms with van der Waals surface area (Å²) in [6.07, 6.45) is 3.64. The molecule has 3 aliphatic heterocycles. The van der Waals surface area contributed by atoms with E-state index in [1.54, 1.807) is 24.4 Å². The number of carbonyl (C=O) groups is 6. The van der Waals surface area contributed by atoms with Gasteiger partial charge in [-0.25, -0.2) is 14.8 Å². The van der Waals surface area contributed by atoms with Crippen LogP contribution in [0.4, 0.5) is 16.0 Å². The van der Waals surface area contributed by atoms with Crippen LogP contribution in [0, 0.1) is 0 Å². The molecule has 0 bridgehead atoms. The number of nitrogens with one attached hydrogen (secondary N) is 5. The van der Waals surface area contributed by atoms with Crippen LogP contribution in [0.15, 0.2) is 72.6 Å². The molecule has 2 aromatic heterocycles. The molecule has 20 nitrogen and oxygen atoms in total. The third-order valence-electron chi connectivity index (χ3n) is 11.4. The summed E-state index contributed by atoms with van der Waals surface area (Å²) in [4.78, 5) is 88.7. The normalized spacial score (nSPS) is 15.9. The van der Waals surface area contributed by atoms with Crippen molar-refractivity contribution in [2.75, 3.05) is 74.8 Å². The molecule has 5 amide bonds. The van der Waals surface area contributed by atoms with Crippen molar-refractivity contribution in [3.63, 3.8) is 0 Å². The Balaban J connectivity index is 0.708. The van der Waals surface area contributed by atoms with Crippen molar-refractivity contribution in [2.45, 2.75) is 44.7 Å². The van der Waals surface area contributed by atoms with Crippen molar-refractivity contribution in [3.8, 4) is 0 Å². The zero-order valence-corrected chi connectivity index (χ0v) is 38.5. The average Bonchev–Trinajstić information content (AvgIpc) is 4.03. The molecule has 5 aromatic rings. The molecule has 22 heteroatoms. The minimum Gasteiger partial charge on any atom is -0.476 e. The SMILES string of the molecule is NN/C(=C\NCCCc1sc(N2CCc3cccc(C(=O)Nc4nc5ccccc5s4)c3C2)nc1C(=O)O)COCCOCCOCCNc1cccc2c1C(=O)N(C1CCC(=O)NC1=O)C2=O. The molecule has 0 saturated carbocycles. The zero-order valence-electron chi connectivity index (χ0n) is 36.8. The number of carbonyl (C=O) groups excluding carboxylic acids is 5. The van der Waals surface area contributed by atoms with Gasteiger partial charge in [0.05, 0.1) is 66.7 Å². The quantitative estimate of drug-likeness (QED) is 0.0213. The zero-order chi connectivity index (χ0) is 47.6. The summed E-state index contributed by atoms with van der Waals surface area (Å²) < 4.78 is 17.9. The number of nitrogens with zero attached hydrogens (tertiary/aromatic N) is 4. The number of thiazole rings is 2. The van der Waals surface area contributed by atoms with E-state index in [4.69, 9.17) is 20.1 Å². The van der Waals surface area contributed by atoms with Crippen molar-refractivity contribution < 1.29 is 48.1 Å². The molecule has 68 heavy (non-hydrogen) atoms. The minimum atomic E-state index is -1.09. The van der Waals surface area contributed by atoms with Crippen LogP contribution in [0.3, 0.4) is 0 Å². The van der Waals surface area contributed by atoms with E-state index in [1.807, 2.05) is 41.3 Å². The molecule has 3 aliphatic rings. The number of fused-ring (bicyclic) bond motifs is 3. The molecule has 5 heterocycles. The maximum atomic E-state index is 13.5. The number of ether oxygens (including phenoxy) is 3. The Kier molecular flexibility index (Phi) is 15.6. The second kappa shape index (κ2) is 22.3. The van der Waals surface area contributed by atoms with Gasteiger partial charge in [0.15, 0.2) is 16.0 Å². The first kappa shape index (κ1) is 47.7.